The van der Waals surface area contributed by atoms with Crippen LogP contribution < -0.4 is 14.5 Å². The number of rotatable bonds is 5. The maximum absolute atomic E-state index is 6.75. The fourth-order valence-corrected chi connectivity index (χ4v) is 8.49. The molecule has 0 unspecified atom stereocenters. The fourth-order valence-electron chi connectivity index (χ4n) is 8.49. The molecule has 1 aliphatic heterocycles. The Bertz CT molecular complexity index is 2960. The molecule has 1 aliphatic rings. The molecule has 0 saturated heterocycles. The number of nitrogens with zero attached hydrogens (tertiary/aromatic N) is 5. The Morgan fingerprint density at radius 1 is 0.500 bits per heavy atom. The Morgan fingerprint density at radius 3 is 1.91 bits per heavy atom. The Labute approximate surface area is 327 Å². The van der Waals surface area contributed by atoms with E-state index in [1.807, 2.05) is 12.3 Å². The molecule has 0 amide bonds. The van der Waals surface area contributed by atoms with Gasteiger partial charge in [-0.05, 0) is 111 Å². The summed E-state index contributed by atoms with van der Waals surface area (Å²) >= 11 is 0. The van der Waals surface area contributed by atoms with Crippen molar-refractivity contribution in [2.24, 2.45) is 0 Å². The molecular formula is C50H45N5O. The molecule has 10 rings (SSSR count). The number of hydrogen-bond donors (Lipinski definition) is 0. The Balaban J connectivity index is 1.14. The molecule has 0 radical (unpaired) electrons. The molecule has 0 aliphatic carbocycles. The van der Waals surface area contributed by atoms with E-state index in [0.717, 1.165) is 51.8 Å². The van der Waals surface area contributed by atoms with Crippen molar-refractivity contribution in [1.29, 1.82) is 0 Å². The maximum atomic E-state index is 6.75. The normalized spacial score (nSPS) is 13.4. The minimum Gasteiger partial charge on any atom is -0.457 e. The lowest BCUT2D eigenvalue weighted by Gasteiger charge is -2.34. The summed E-state index contributed by atoms with van der Waals surface area (Å²) in [6, 6.07) is 52.0. The van der Waals surface area contributed by atoms with Gasteiger partial charge in [0.1, 0.15) is 17.3 Å². The molecule has 6 aromatic carbocycles. The zero-order chi connectivity index (χ0) is 38.3. The van der Waals surface area contributed by atoms with E-state index in [4.69, 9.17) is 9.72 Å². The van der Waals surface area contributed by atoms with Crippen LogP contribution in [0, 0.1) is 0 Å². The molecule has 0 saturated carbocycles. The van der Waals surface area contributed by atoms with E-state index >= 15 is 0 Å². The number of para-hydroxylation sites is 4. The molecule has 4 heterocycles. The molecule has 0 bridgehead atoms. The molecule has 3 aromatic heterocycles. The third kappa shape index (κ3) is 5.50. The molecular weight excluding hydrogens is 687 g/mol. The van der Waals surface area contributed by atoms with Crippen LogP contribution in [-0.2, 0) is 5.41 Å². The fraction of sp³-hybridized carbons (Fsp3) is 0.180. The first-order valence-electron chi connectivity index (χ1n) is 19.5. The molecule has 6 heteroatoms. The van der Waals surface area contributed by atoms with Crippen LogP contribution in [-0.4, -0.2) is 26.3 Å². The second-order valence-corrected chi connectivity index (χ2v) is 17.0. The van der Waals surface area contributed by atoms with Gasteiger partial charge in [0.2, 0.25) is 0 Å². The first-order valence-corrected chi connectivity index (χ1v) is 19.5. The summed E-state index contributed by atoms with van der Waals surface area (Å²) in [6.45, 7) is 14.3. The Hall–Kier alpha value is -6.53. The van der Waals surface area contributed by atoms with Gasteiger partial charge in [-0.2, -0.15) is 0 Å². The SMILES string of the molecule is CC(C)(C)c1ccnc(-n2c3cc(Oc4cccc(N5CN(C(C)(C)C)c6ccccc65)c4)ccc3c3cc4c(cc32)c2ccccc2n4-c2ccccc2)c1. The molecule has 0 atom stereocenters. The lowest BCUT2D eigenvalue weighted by molar-refractivity contribution is 0.483. The first-order chi connectivity index (χ1) is 27.0. The van der Waals surface area contributed by atoms with Gasteiger partial charge < -0.3 is 19.1 Å². The van der Waals surface area contributed by atoms with Crippen molar-refractivity contribution in [3.63, 3.8) is 0 Å². The minimum absolute atomic E-state index is 0.0164. The molecule has 0 fully saturated rings. The van der Waals surface area contributed by atoms with Crippen molar-refractivity contribution in [2.45, 2.75) is 52.5 Å². The number of fused-ring (bicyclic) bond motifs is 7. The highest BCUT2D eigenvalue weighted by atomic mass is 16.5. The lowest BCUT2D eigenvalue weighted by atomic mass is 9.88. The first kappa shape index (κ1) is 34.0. The zero-order valence-corrected chi connectivity index (χ0v) is 32.8. The van der Waals surface area contributed by atoms with Gasteiger partial charge in [0.25, 0.3) is 0 Å². The summed E-state index contributed by atoms with van der Waals surface area (Å²) in [7, 11) is 0. The Kier molecular flexibility index (Phi) is 7.59. The van der Waals surface area contributed by atoms with E-state index in [1.165, 1.54) is 44.1 Å². The number of pyridine rings is 1. The monoisotopic (exact) mass is 731 g/mol. The van der Waals surface area contributed by atoms with Crippen molar-refractivity contribution in [1.82, 2.24) is 14.1 Å². The summed E-state index contributed by atoms with van der Waals surface area (Å²) < 4.78 is 11.5. The highest BCUT2D eigenvalue weighted by Gasteiger charge is 2.33. The van der Waals surface area contributed by atoms with Crippen LogP contribution in [0.15, 0.2) is 152 Å². The average molecular weight is 732 g/mol. The second kappa shape index (κ2) is 12.5. The predicted octanol–water partition coefficient (Wildman–Crippen LogP) is 13.1. The third-order valence-electron chi connectivity index (χ3n) is 11.3. The van der Waals surface area contributed by atoms with E-state index in [2.05, 4.69) is 200 Å². The number of hydrogen-bond acceptors (Lipinski definition) is 4. The van der Waals surface area contributed by atoms with Crippen LogP contribution in [0.2, 0.25) is 0 Å². The smallest absolute Gasteiger partial charge is 0.137 e. The molecule has 6 nitrogen and oxygen atoms in total. The van der Waals surface area contributed by atoms with Crippen LogP contribution in [0.3, 0.4) is 0 Å². The molecule has 56 heavy (non-hydrogen) atoms. The van der Waals surface area contributed by atoms with Gasteiger partial charge >= 0.3 is 0 Å². The van der Waals surface area contributed by atoms with Crippen LogP contribution in [0.4, 0.5) is 17.1 Å². The van der Waals surface area contributed by atoms with Gasteiger partial charge in [0.05, 0.1) is 40.1 Å². The van der Waals surface area contributed by atoms with Crippen molar-refractivity contribution >= 4 is 60.7 Å². The highest BCUT2D eigenvalue weighted by Crippen LogP contribution is 2.45. The second-order valence-electron chi connectivity index (χ2n) is 17.0. The summed E-state index contributed by atoms with van der Waals surface area (Å²) in [5.41, 5.74) is 10.4. The van der Waals surface area contributed by atoms with Crippen molar-refractivity contribution in [3.05, 3.63) is 157 Å². The van der Waals surface area contributed by atoms with E-state index in [1.54, 1.807) is 0 Å². The van der Waals surface area contributed by atoms with Gasteiger partial charge in [0, 0.05) is 56.8 Å². The van der Waals surface area contributed by atoms with Crippen molar-refractivity contribution in [3.8, 4) is 23.0 Å². The van der Waals surface area contributed by atoms with E-state index in [9.17, 15) is 0 Å². The summed E-state index contributed by atoms with van der Waals surface area (Å²) in [5, 5.41) is 4.73. The number of anilines is 3. The molecule has 9 aromatic rings. The third-order valence-corrected chi connectivity index (χ3v) is 11.3. The molecule has 0 spiro atoms. The van der Waals surface area contributed by atoms with Crippen molar-refractivity contribution in [2.75, 3.05) is 16.5 Å². The summed E-state index contributed by atoms with van der Waals surface area (Å²) in [6.07, 6.45) is 1.94. The number of aromatic nitrogens is 3. The van der Waals surface area contributed by atoms with Gasteiger partial charge in [-0.25, -0.2) is 4.98 Å². The van der Waals surface area contributed by atoms with Crippen molar-refractivity contribution < 1.29 is 4.74 Å². The van der Waals surface area contributed by atoms with E-state index in [0.29, 0.717) is 0 Å². The predicted molar refractivity (Wildman–Crippen MR) is 234 cm³/mol. The number of benzene rings is 6. The van der Waals surface area contributed by atoms with Gasteiger partial charge in [-0.3, -0.25) is 4.57 Å². The quantitative estimate of drug-likeness (QED) is 0.177. The number of ether oxygens (including phenoxy) is 1. The highest BCUT2D eigenvalue weighted by molar-refractivity contribution is 6.19. The summed E-state index contributed by atoms with van der Waals surface area (Å²) in [5.74, 6) is 2.45. The Morgan fingerprint density at radius 2 is 1.14 bits per heavy atom. The average Bonchev–Trinajstić information content (AvgIpc) is 3.85. The van der Waals surface area contributed by atoms with Crippen LogP contribution >= 0.6 is 0 Å². The van der Waals surface area contributed by atoms with Gasteiger partial charge in [0.15, 0.2) is 0 Å². The zero-order valence-electron chi connectivity index (χ0n) is 32.8. The van der Waals surface area contributed by atoms with Crippen LogP contribution in [0.5, 0.6) is 11.5 Å². The van der Waals surface area contributed by atoms with E-state index in [-0.39, 0.29) is 11.0 Å². The minimum atomic E-state index is -0.0358. The largest absolute Gasteiger partial charge is 0.457 e. The summed E-state index contributed by atoms with van der Waals surface area (Å²) in [4.78, 5) is 9.84. The van der Waals surface area contributed by atoms with Gasteiger partial charge in [-0.1, -0.05) is 75.4 Å². The topological polar surface area (TPSA) is 38.5 Å². The maximum Gasteiger partial charge on any atom is 0.137 e. The van der Waals surface area contributed by atoms with E-state index < -0.39 is 0 Å². The molecule has 0 N–H and O–H groups in total. The lowest BCUT2D eigenvalue weighted by Crippen LogP contribution is -2.42. The van der Waals surface area contributed by atoms with Crippen LogP contribution in [0.1, 0.15) is 47.1 Å². The van der Waals surface area contributed by atoms with Crippen LogP contribution in [0.25, 0.3) is 55.1 Å². The molecule has 276 valence electrons. The standard InChI is InChI=1S/C50H45N5O/c1-49(2,3)33-25-26-51-48(27-33)55-45-29-37(56-36-18-14-17-35(28-36)52-32-53(50(4,5)6)44-22-13-12-21-43(44)52)23-24-39(45)41-30-46-40(31-47(41)55)38-19-10-11-20-42(38)54(46)34-15-8-7-9-16-34/h7-31H,32H2,1-6H3. The van der Waals surface area contributed by atoms with Gasteiger partial charge in [-0.15, -0.1) is 0 Å².